The molecule has 0 bridgehead atoms. The molecule has 0 spiro atoms. The Morgan fingerprint density at radius 3 is 2.27 bits per heavy atom. The Labute approximate surface area is 131 Å². The summed E-state index contributed by atoms with van der Waals surface area (Å²) in [6, 6.07) is 3.52. The fraction of sp³-hybridized carbons (Fsp3) is 0.562. The normalized spacial score (nSPS) is 12.6. The van der Waals surface area contributed by atoms with E-state index in [-0.39, 0.29) is 23.9 Å². The minimum Gasteiger partial charge on any atom is -0.404 e. The lowest BCUT2D eigenvalue weighted by atomic mass is 9.76. The summed E-state index contributed by atoms with van der Waals surface area (Å²) >= 11 is 0. The molecule has 1 rings (SSSR count). The van der Waals surface area contributed by atoms with Crippen LogP contribution in [-0.2, 0) is 14.8 Å². The van der Waals surface area contributed by atoms with Gasteiger partial charge in [0.25, 0.3) is 0 Å². The number of phosphoric ester groups is 1. The Morgan fingerprint density at radius 2 is 1.82 bits per heavy atom. The molecule has 0 radical (unpaired) electrons. The summed E-state index contributed by atoms with van der Waals surface area (Å²) in [6.07, 6.45) is 0.284. The van der Waals surface area contributed by atoms with Gasteiger partial charge in [0.05, 0.1) is 0 Å². The van der Waals surface area contributed by atoms with Crippen molar-refractivity contribution in [2.24, 2.45) is 5.92 Å². The number of carbonyl (C=O) groups is 1. The molecule has 124 valence electrons. The number of hydrogen-bond donors (Lipinski definition) is 2. The minimum absolute atomic E-state index is 0.0869. The topological polar surface area (TPSA) is 83.8 Å². The van der Waals surface area contributed by atoms with Crippen LogP contribution in [0.5, 0.6) is 5.75 Å². The van der Waals surface area contributed by atoms with Crippen LogP contribution in [0.4, 0.5) is 0 Å². The first kappa shape index (κ1) is 18.9. The van der Waals surface area contributed by atoms with Crippen molar-refractivity contribution in [2.45, 2.75) is 53.4 Å². The summed E-state index contributed by atoms with van der Waals surface area (Å²) in [7, 11) is -4.66. The quantitative estimate of drug-likeness (QED) is 0.779. The van der Waals surface area contributed by atoms with Crippen LogP contribution in [0, 0.1) is 19.8 Å². The number of carbonyl (C=O) groups excluding carboxylic acids is 1. The maximum atomic E-state index is 12.1. The van der Waals surface area contributed by atoms with Crippen LogP contribution >= 0.6 is 7.82 Å². The first-order valence-electron chi connectivity index (χ1n) is 7.23. The second kappa shape index (κ2) is 6.53. The highest BCUT2D eigenvalue weighted by Gasteiger charge is 2.32. The van der Waals surface area contributed by atoms with Crippen LogP contribution in [0.15, 0.2) is 12.1 Å². The highest BCUT2D eigenvalue weighted by Crippen LogP contribution is 2.45. The summed E-state index contributed by atoms with van der Waals surface area (Å²) in [5.74, 6) is 0.163. The number of ketones is 1. The minimum atomic E-state index is -4.66. The van der Waals surface area contributed by atoms with Gasteiger partial charge in [0.15, 0.2) is 0 Å². The lowest BCUT2D eigenvalue weighted by Crippen LogP contribution is -2.26. The molecule has 0 aliphatic heterocycles. The highest BCUT2D eigenvalue weighted by atomic mass is 31.2. The van der Waals surface area contributed by atoms with E-state index in [0.29, 0.717) is 5.56 Å². The maximum Gasteiger partial charge on any atom is 0.524 e. The first-order chi connectivity index (χ1) is 9.83. The zero-order valence-electron chi connectivity index (χ0n) is 14.0. The molecule has 2 N–H and O–H groups in total. The molecule has 22 heavy (non-hydrogen) atoms. The van der Waals surface area contributed by atoms with Crippen molar-refractivity contribution in [1.29, 1.82) is 0 Å². The average Bonchev–Trinajstić information content (AvgIpc) is 2.23. The molecule has 0 aromatic heterocycles. The van der Waals surface area contributed by atoms with Crippen molar-refractivity contribution in [3.63, 3.8) is 0 Å². The Hall–Kier alpha value is -1.16. The standard InChI is InChI=1S/C16H25O5P/c1-10(2)13(17)9-16(5,6)15-12(4)7-11(3)8-14(15)21-22(18,19)20/h7-8,10H,9H2,1-6H3,(H2,18,19,20). The Balaban J connectivity index is 3.38. The fourth-order valence-corrected chi connectivity index (χ4v) is 3.12. The third-order valence-corrected chi connectivity index (χ3v) is 4.03. The van der Waals surface area contributed by atoms with Gasteiger partial charge in [0.2, 0.25) is 0 Å². The molecule has 0 amide bonds. The lowest BCUT2D eigenvalue weighted by Gasteiger charge is -2.29. The van der Waals surface area contributed by atoms with Gasteiger partial charge in [-0.3, -0.25) is 14.6 Å². The molecule has 0 heterocycles. The van der Waals surface area contributed by atoms with Crippen LogP contribution in [0.25, 0.3) is 0 Å². The van der Waals surface area contributed by atoms with E-state index in [1.54, 1.807) is 6.07 Å². The zero-order chi connectivity index (χ0) is 17.3. The average molecular weight is 328 g/mol. The van der Waals surface area contributed by atoms with Gasteiger partial charge < -0.3 is 4.52 Å². The van der Waals surface area contributed by atoms with E-state index in [1.165, 1.54) is 0 Å². The smallest absolute Gasteiger partial charge is 0.404 e. The third kappa shape index (κ3) is 4.94. The van der Waals surface area contributed by atoms with Gasteiger partial charge in [0.1, 0.15) is 11.5 Å². The molecule has 1 aromatic rings. The molecule has 0 saturated carbocycles. The van der Waals surface area contributed by atoms with Gasteiger partial charge >= 0.3 is 7.82 Å². The number of benzene rings is 1. The molecule has 0 unspecified atom stereocenters. The van der Waals surface area contributed by atoms with Crippen molar-refractivity contribution in [3.05, 3.63) is 28.8 Å². The predicted octanol–water partition coefficient (Wildman–Crippen LogP) is 3.67. The van der Waals surface area contributed by atoms with E-state index in [1.807, 2.05) is 47.6 Å². The molecule has 5 nitrogen and oxygen atoms in total. The molecule has 0 fully saturated rings. The molecular formula is C16H25O5P. The van der Waals surface area contributed by atoms with E-state index < -0.39 is 13.2 Å². The molecule has 1 aromatic carbocycles. The monoisotopic (exact) mass is 328 g/mol. The van der Waals surface area contributed by atoms with Crippen LogP contribution in [0.2, 0.25) is 0 Å². The summed E-state index contributed by atoms with van der Waals surface area (Å²) in [5.41, 5.74) is 1.78. The van der Waals surface area contributed by atoms with E-state index >= 15 is 0 Å². The largest absolute Gasteiger partial charge is 0.524 e. The van der Waals surface area contributed by atoms with Gasteiger partial charge in [-0.1, -0.05) is 33.8 Å². The second-order valence-corrected chi connectivity index (χ2v) is 7.88. The van der Waals surface area contributed by atoms with Gasteiger partial charge in [-0.25, -0.2) is 4.57 Å². The Morgan fingerprint density at radius 1 is 1.27 bits per heavy atom. The molecule has 6 heteroatoms. The van der Waals surface area contributed by atoms with Crippen LogP contribution in [0.3, 0.4) is 0 Å². The number of phosphoric acid groups is 1. The van der Waals surface area contributed by atoms with Crippen molar-refractivity contribution >= 4 is 13.6 Å². The Bertz CT molecular complexity index is 613. The molecule has 0 aliphatic rings. The van der Waals surface area contributed by atoms with Gasteiger partial charge in [-0.15, -0.1) is 0 Å². The van der Waals surface area contributed by atoms with Gasteiger partial charge in [0, 0.05) is 23.3 Å². The summed E-state index contributed by atoms with van der Waals surface area (Å²) in [5, 5.41) is 0. The fourth-order valence-electron chi connectivity index (χ4n) is 2.72. The molecule has 0 saturated heterocycles. The second-order valence-electron chi connectivity index (χ2n) is 6.72. The van der Waals surface area contributed by atoms with Crippen molar-refractivity contribution in [2.75, 3.05) is 0 Å². The van der Waals surface area contributed by atoms with E-state index in [0.717, 1.165) is 11.1 Å². The number of aryl methyl sites for hydroxylation is 2. The SMILES string of the molecule is Cc1cc(C)c(C(C)(C)CC(=O)C(C)C)c(OP(=O)(O)O)c1. The highest BCUT2D eigenvalue weighted by molar-refractivity contribution is 7.46. The van der Waals surface area contributed by atoms with E-state index in [2.05, 4.69) is 0 Å². The van der Waals surface area contributed by atoms with Crippen LogP contribution in [0.1, 0.15) is 50.8 Å². The van der Waals surface area contributed by atoms with Crippen LogP contribution in [-0.4, -0.2) is 15.6 Å². The zero-order valence-corrected chi connectivity index (χ0v) is 14.9. The maximum absolute atomic E-state index is 12.1. The van der Waals surface area contributed by atoms with Crippen molar-refractivity contribution < 1.29 is 23.7 Å². The third-order valence-electron chi connectivity index (χ3n) is 3.60. The number of hydrogen-bond acceptors (Lipinski definition) is 3. The number of rotatable bonds is 6. The van der Waals surface area contributed by atoms with Gasteiger partial charge in [-0.05, 0) is 31.0 Å². The molecule has 0 atom stereocenters. The summed E-state index contributed by atoms with van der Waals surface area (Å²) in [4.78, 5) is 30.4. The van der Waals surface area contributed by atoms with Crippen molar-refractivity contribution in [1.82, 2.24) is 0 Å². The van der Waals surface area contributed by atoms with Crippen LogP contribution < -0.4 is 4.52 Å². The van der Waals surface area contributed by atoms with Crippen molar-refractivity contribution in [3.8, 4) is 5.75 Å². The van der Waals surface area contributed by atoms with Gasteiger partial charge in [-0.2, -0.15) is 0 Å². The van der Waals surface area contributed by atoms with E-state index in [9.17, 15) is 9.36 Å². The first-order valence-corrected chi connectivity index (χ1v) is 8.76. The lowest BCUT2D eigenvalue weighted by molar-refractivity contribution is -0.122. The predicted molar refractivity (Wildman–Crippen MR) is 86.1 cm³/mol. The molecular weight excluding hydrogens is 303 g/mol. The number of Topliss-reactive ketones (excluding diaryl/α,β-unsaturated/α-hetero) is 1. The molecule has 0 aliphatic carbocycles. The summed E-state index contributed by atoms with van der Waals surface area (Å²) < 4.78 is 16.1. The van der Waals surface area contributed by atoms with E-state index in [4.69, 9.17) is 14.3 Å². The Kier molecular flexibility index (Phi) is 5.61. The summed E-state index contributed by atoms with van der Waals surface area (Å²) in [6.45, 7) is 11.1.